The second-order valence-electron chi connectivity index (χ2n) is 6.02. The Hall–Kier alpha value is -1.68. The number of carbonyl (C=O) groups is 2. The van der Waals surface area contributed by atoms with Crippen molar-refractivity contribution in [2.24, 2.45) is 4.99 Å². The lowest BCUT2D eigenvalue weighted by molar-refractivity contribution is -0.147. The van der Waals surface area contributed by atoms with Crippen LogP contribution in [-0.4, -0.2) is 55.5 Å². The molecule has 2 amide bonds. The van der Waals surface area contributed by atoms with Crippen LogP contribution < -0.4 is 10.6 Å². The van der Waals surface area contributed by atoms with Gasteiger partial charge in [-0.3, -0.25) is 19.5 Å². The summed E-state index contributed by atoms with van der Waals surface area (Å²) in [6.07, 6.45) is 1.58. The summed E-state index contributed by atoms with van der Waals surface area (Å²) in [5.74, 6) is 0.492. The van der Waals surface area contributed by atoms with E-state index in [2.05, 4.69) is 15.6 Å². The Morgan fingerprint density at radius 2 is 1.85 bits per heavy atom. The van der Waals surface area contributed by atoms with E-state index in [1.54, 1.807) is 0 Å². The second kappa shape index (κ2) is 13.5. The summed E-state index contributed by atoms with van der Waals surface area (Å²) in [6.45, 7) is 5.19. The summed E-state index contributed by atoms with van der Waals surface area (Å²) in [6, 6.07) is 10.0. The van der Waals surface area contributed by atoms with Gasteiger partial charge in [0.2, 0.25) is 11.8 Å². The molecule has 1 fully saturated rings. The van der Waals surface area contributed by atoms with Crippen LogP contribution in [0.15, 0.2) is 35.3 Å². The summed E-state index contributed by atoms with van der Waals surface area (Å²) in [7, 11) is 0. The predicted molar refractivity (Wildman–Crippen MR) is 116 cm³/mol. The van der Waals surface area contributed by atoms with Crippen LogP contribution in [-0.2, 0) is 20.9 Å². The molecular formula is C19H29IN4O3. The topological polar surface area (TPSA) is 83.0 Å². The number of imide groups is 1. The molecule has 0 unspecified atom stereocenters. The number of likely N-dealkylation sites (tertiary alicyclic amines) is 1. The average Bonchev–Trinajstić information content (AvgIpc) is 2.64. The molecule has 0 aromatic heterocycles. The van der Waals surface area contributed by atoms with Crippen molar-refractivity contribution in [1.29, 1.82) is 0 Å². The maximum Gasteiger partial charge on any atom is 0.229 e. The Morgan fingerprint density at radius 1 is 1.15 bits per heavy atom. The number of nitrogens with one attached hydrogen (secondary N) is 2. The third-order valence-corrected chi connectivity index (χ3v) is 3.97. The number of carbonyl (C=O) groups excluding carboxylic acids is 2. The Morgan fingerprint density at radius 3 is 2.52 bits per heavy atom. The second-order valence-corrected chi connectivity index (χ2v) is 6.02. The lowest BCUT2D eigenvalue weighted by Crippen LogP contribution is -2.46. The fourth-order valence-corrected chi connectivity index (χ4v) is 2.66. The van der Waals surface area contributed by atoms with Crippen molar-refractivity contribution in [1.82, 2.24) is 15.5 Å². The van der Waals surface area contributed by atoms with Crippen molar-refractivity contribution in [2.45, 2.75) is 32.8 Å². The van der Waals surface area contributed by atoms with Crippen molar-refractivity contribution in [3.05, 3.63) is 35.9 Å². The first-order valence-corrected chi connectivity index (χ1v) is 9.17. The molecule has 7 nitrogen and oxygen atoms in total. The number of aliphatic imine (C=N–C) groups is 1. The molecule has 0 aliphatic carbocycles. The van der Waals surface area contributed by atoms with Gasteiger partial charge >= 0.3 is 0 Å². The molecule has 8 heteroatoms. The van der Waals surface area contributed by atoms with Crippen LogP contribution in [0.2, 0.25) is 0 Å². The molecule has 0 bridgehead atoms. The third kappa shape index (κ3) is 8.70. The molecule has 150 valence electrons. The van der Waals surface area contributed by atoms with Gasteiger partial charge in [-0.25, -0.2) is 0 Å². The van der Waals surface area contributed by atoms with E-state index in [0.29, 0.717) is 58.1 Å². The van der Waals surface area contributed by atoms with Gasteiger partial charge in [0, 0.05) is 32.5 Å². The number of hydrogen-bond donors (Lipinski definition) is 2. The number of benzene rings is 1. The van der Waals surface area contributed by atoms with Crippen LogP contribution in [0.5, 0.6) is 0 Å². The highest BCUT2D eigenvalue weighted by atomic mass is 127. The van der Waals surface area contributed by atoms with Crippen molar-refractivity contribution in [2.75, 3.05) is 32.8 Å². The Balaban J connectivity index is 0.00000364. The van der Waals surface area contributed by atoms with Gasteiger partial charge in [-0.05, 0) is 18.9 Å². The third-order valence-electron chi connectivity index (χ3n) is 3.97. The maximum atomic E-state index is 11.8. The zero-order valence-electron chi connectivity index (χ0n) is 15.8. The number of guanidine groups is 1. The van der Waals surface area contributed by atoms with E-state index in [1.807, 2.05) is 37.3 Å². The van der Waals surface area contributed by atoms with Crippen molar-refractivity contribution < 1.29 is 14.3 Å². The quantitative estimate of drug-likeness (QED) is 0.183. The minimum absolute atomic E-state index is 0. The minimum atomic E-state index is -0.0840. The average molecular weight is 488 g/mol. The molecule has 1 aromatic rings. The highest BCUT2D eigenvalue weighted by molar-refractivity contribution is 14.0. The van der Waals surface area contributed by atoms with Crippen LogP contribution in [0, 0.1) is 0 Å². The Kier molecular flexibility index (Phi) is 11.7. The first kappa shape index (κ1) is 23.4. The van der Waals surface area contributed by atoms with Gasteiger partial charge in [0.15, 0.2) is 5.96 Å². The minimum Gasteiger partial charge on any atom is -0.375 e. The van der Waals surface area contributed by atoms with Gasteiger partial charge in [0.05, 0.1) is 19.8 Å². The van der Waals surface area contributed by atoms with E-state index in [-0.39, 0.29) is 35.8 Å². The number of rotatable bonds is 9. The number of ether oxygens (including phenoxy) is 1. The van der Waals surface area contributed by atoms with Gasteiger partial charge in [-0.1, -0.05) is 30.3 Å². The molecule has 0 atom stereocenters. The zero-order chi connectivity index (χ0) is 18.6. The summed E-state index contributed by atoms with van der Waals surface area (Å²) in [5.41, 5.74) is 1.14. The van der Waals surface area contributed by atoms with Gasteiger partial charge < -0.3 is 15.4 Å². The van der Waals surface area contributed by atoms with Crippen LogP contribution in [0.4, 0.5) is 0 Å². The van der Waals surface area contributed by atoms with Gasteiger partial charge in [0.25, 0.3) is 0 Å². The summed E-state index contributed by atoms with van der Waals surface area (Å²) < 4.78 is 5.62. The highest BCUT2D eigenvalue weighted by Gasteiger charge is 2.25. The van der Waals surface area contributed by atoms with E-state index in [9.17, 15) is 9.59 Å². The summed E-state index contributed by atoms with van der Waals surface area (Å²) in [4.78, 5) is 29.3. The van der Waals surface area contributed by atoms with Crippen LogP contribution in [0.25, 0.3) is 0 Å². The normalized spacial score (nSPS) is 14.7. The molecule has 1 saturated heterocycles. The monoisotopic (exact) mass is 488 g/mol. The van der Waals surface area contributed by atoms with E-state index in [1.165, 1.54) is 4.90 Å². The number of nitrogens with zero attached hydrogens (tertiary/aromatic N) is 2. The largest absolute Gasteiger partial charge is 0.375 e. The number of halogens is 1. The molecule has 2 rings (SSSR count). The molecule has 0 radical (unpaired) electrons. The zero-order valence-corrected chi connectivity index (χ0v) is 18.1. The number of amides is 2. The molecule has 1 heterocycles. The van der Waals surface area contributed by atoms with E-state index in [0.717, 1.165) is 12.1 Å². The Bertz CT molecular complexity index is 594. The highest BCUT2D eigenvalue weighted by Crippen LogP contribution is 2.11. The van der Waals surface area contributed by atoms with E-state index >= 15 is 0 Å². The molecule has 27 heavy (non-hydrogen) atoms. The van der Waals surface area contributed by atoms with Crippen LogP contribution in [0.1, 0.15) is 31.7 Å². The standard InChI is InChI=1S/C19H28N4O3.HI/c1-2-20-19(21-11-13-23-17(24)9-6-10-18(23)25)22-12-14-26-15-16-7-4-3-5-8-16;/h3-5,7-8H,2,6,9-15H2,1H3,(H2,20,21,22);1H. The molecule has 0 saturated carbocycles. The molecule has 1 aromatic carbocycles. The summed E-state index contributed by atoms with van der Waals surface area (Å²) >= 11 is 0. The fourth-order valence-electron chi connectivity index (χ4n) is 2.66. The fraction of sp³-hybridized carbons (Fsp3) is 0.526. The van der Waals surface area contributed by atoms with E-state index in [4.69, 9.17) is 4.74 Å². The molecular weight excluding hydrogens is 459 g/mol. The van der Waals surface area contributed by atoms with Crippen LogP contribution in [0.3, 0.4) is 0 Å². The molecule has 2 N–H and O–H groups in total. The first-order valence-electron chi connectivity index (χ1n) is 9.17. The van der Waals surface area contributed by atoms with Gasteiger partial charge in [-0.15, -0.1) is 24.0 Å². The lowest BCUT2D eigenvalue weighted by atomic mass is 10.1. The first-order chi connectivity index (χ1) is 12.7. The smallest absolute Gasteiger partial charge is 0.229 e. The molecule has 1 aliphatic rings. The SMILES string of the molecule is CCNC(=NCCOCc1ccccc1)NCCN1C(=O)CCCC1=O.I. The predicted octanol–water partition coefficient (Wildman–Crippen LogP) is 1.92. The van der Waals surface area contributed by atoms with Crippen LogP contribution >= 0.6 is 24.0 Å². The van der Waals surface area contributed by atoms with Crippen molar-refractivity contribution >= 4 is 41.8 Å². The maximum absolute atomic E-state index is 11.8. The van der Waals surface area contributed by atoms with E-state index < -0.39 is 0 Å². The van der Waals surface area contributed by atoms with Gasteiger partial charge in [0.1, 0.15) is 0 Å². The number of piperidine rings is 1. The van der Waals surface area contributed by atoms with Crippen molar-refractivity contribution in [3.63, 3.8) is 0 Å². The number of hydrogen-bond acceptors (Lipinski definition) is 4. The molecule has 0 spiro atoms. The molecule has 1 aliphatic heterocycles. The Labute approximate surface area is 178 Å². The van der Waals surface area contributed by atoms with Crippen molar-refractivity contribution in [3.8, 4) is 0 Å². The lowest BCUT2D eigenvalue weighted by Gasteiger charge is -2.25. The van der Waals surface area contributed by atoms with Gasteiger partial charge in [-0.2, -0.15) is 0 Å². The summed E-state index contributed by atoms with van der Waals surface area (Å²) in [5, 5.41) is 6.30.